The van der Waals surface area contributed by atoms with E-state index >= 15 is 0 Å². The Bertz CT molecular complexity index is 95.2. The van der Waals surface area contributed by atoms with Crippen molar-refractivity contribution in [1.29, 1.82) is 0 Å². The van der Waals surface area contributed by atoms with E-state index in [-0.39, 0.29) is 0 Å². The highest BCUT2D eigenvalue weighted by atomic mass is 28.2. The van der Waals surface area contributed by atoms with Crippen LogP contribution in [0.15, 0.2) is 0 Å². The average Bonchev–Trinajstić information content (AvgIpc) is 2.14. The molecule has 0 bridgehead atoms. The maximum atomic E-state index is 2.31. The maximum Gasteiger partial charge on any atom is 0.0231 e. The standard InChI is InChI=1S/C11H24Si/c1-2-3-7-10-12-11-8-5-4-6-9-11/h11H,2-10,12H2,1H3. The number of unbranched alkanes of at least 4 members (excludes halogenated alkanes) is 2. The van der Waals surface area contributed by atoms with Gasteiger partial charge in [-0.2, -0.15) is 0 Å². The van der Waals surface area contributed by atoms with Crippen molar-refractivity contribution in [1.82, 2.24) is 0 Å². The van der Waals surface area contributed by atoms with Crippen molar-refractivity contribution in [2.24, 2.45) is 0 Å². The smallest absolute Gasteiger partial charge is 0.0231 e. The number of rotatable bonds is 5. The summed E-state index contributed by atoms with van der Waals surface area (Å²) >= 11 is 0. The Hall–Kier alpha value is 0.217. The van der Waals surface area contributed by atoms with Crippen molar-refractivity contribution in [2.45, 2.75) is 69.9 Å². The van der Waals surface area contributed by atoms with Gasteiger partial charge in [0.1, 0.15) is 0 Å². The van der Waals surface area contributed by atoms with Gasteiger partial charge >= 0.3 is 0 Å². The van der Waals surface area contributed by atoms with Crippen LogP contribution in [0.2, 0.25) is 11.6 Å². The predicted octanol–water partition coefficient (Wildman–Crippen LogP) is 3.52. The molecule has 0 aliphatic heterocycles. The Balaban J connectivity index is 1.91. The molecule has 1 rings (SSSR count). The summed E-state index contributed by atoms with van der Waals surface area (Å²) < 4.78 is 0. The molecule has 0 heterocycles. The zero-order valence-corrected chi connectivity index (χ0v) is 10.1. The van der Waals surface area contributed by atoms with E-state index in [1.165, 1.54) is 24.8 Å². The van der Waals surface area contributed by atoms with Gasteiger partial charge < -0.3 is 0 Å². The van der Waals surface area contributed by atoms with Crippen LogP contribution in [0.1, 0.15) is 58.3 Å². The molecule has 0 spiro atoms. The first kappa shape index (κ1) is 10.3. The summed E-state index contributed by atoms with van der Waals surface area (Å²) in [5, 5.41) is 0. The predicted molar refractivity (Wildman–Crippen MR) is 59.7 cm³/mol. The first-order valence-electron chi connectivity index (χ1n) is 5.93. The fourth-order valence-corrected chi connectivity index (χ4v) is 4.71. The molecule has 0 nitrogen and oxygen atoms in total. The fraction of sp³-hybridized carbons (Fsp3) is 1.00. The lowest BCUT2D eigenvalue weighted by Gasteiger charge is -2.20. The highest BCUT2D eigenvalue weighted by Crippen LogP contribution is 2.28. The highest BCUT2D eigenvalue weighted by Gasteiger charge is 2.12. The molecule has 0 radical (unpaired) electrons. The second-order valence-electron chi connectivity index (χ2n) is 4.35. The Kier molecular flexibility index (Phi) is 5.75. The van der Waals surface area contributed by atoms with E-state index in [0.29, 0.717) is 9.52 Å². The second-order valence-corrected chi connectivity index (χ2v) is 6.79. The Morgan fingerprint density at radius 1 is 1.08 bits per heavy atom. The molecule has 0 aromatic rings. The molecule has 1 aliphatic rings. The van der Waals surface area contributed by atoms with Crippen LogP contribution in [0.25, 0.3) is 0 Å². The normalized spacial score (nSPS) is 20.8. The van der Waals surface area contributed by atoms with Crippen LogP contribution in [0.3, 0.4) is 0 Å². The van der Waals surface area contributed by atoms with Crippen molar-refractivity contribution in [3.8, 4) is 0 Å². The summed E-state index contributed by atoms with van der Waals surface area (Å²) in [6.45, 7) is 2.31. The van der Waals surface area contributed by atoms with E-state index in [1.54, 1.807) is 38.1 Å². The van der Waals surface area contributed by atoms with Gasteiger partial charge in [0.15, 0.2) is 0 Å². The maximum absolute atomic E-state index is 2.31. The van der Waals surface area contributed by atoms with Crippen LogP contribution in [-0.2, 0) is 0 Å². The molecule has 0 N–H and O–H groups in total. The first-order chi connectivity index (χ1) is 5.93. The van der Waals surface area contributed by atoms with Crippen LogP contribution in [0.4, 0.5) is 0 Å². The van der Waals surface area contributed by atoms with Crippen LogP contribution in [0, 0.1) is 0 Å². The molecule has 1 fully saturated rings. The Labute approximate surface area is 80.0 Å². The minimum Gasteiger partial charge on any atom is -0.0654 e. The second kappa shape index (κ2) is 6.70. The molecule has 1 saturated carbocycles. The molecular weight excluding hydrogens is 160 g/mol. The van der Waals surface area contributed by atoms with E-state index in [9.17, 15) is 0 Å². The van der Waals surface area contributed by atoms with E-state index in [0.717, 1.165) is 0 Å². The van der Waals surface area contributed by atoms with Crippen molar-refractivity contribution in [3.63, 3.8) is 0 Å². The Morgan fingerprint density at radius 2 is 1.83 bits per heavy atom. The molecule has 0 aromatic heterocycles. The summed E-state index contributed by atoms with van der Waals surface area (Å²) in [6, 6.07) is 1.64. The molecule has 72 valence electrons. The average molecular weight is 184 g/mol. The van der Waals surface area contributed by atoms with Gasteiger partial charge in [-0.1, -0.05) is 69.9 Å². The summed E-state index contributed by atoms with van der Waals surface area (Å²) in [4.78, 5) is 0. The van der Waals surface area contributed by atoms with Gasteiger partial charge in [-0.3, -0.25) is 0 Å². The summed E-state index contributed by atoms with van der Waals surface area (Å²) in [5.41, 5.74) is 1.25. The van der Waals surface area contributed by atoms with Gasteiger partial charge in [0, 0.05) is 9.52 Å². The molecule has 12 heavy (non-hydrogen) atoms. The van der Waals surface area contributed by atoms with Crippen molar-refractivity contribution in [3.05, 3.63) is 0 Å². The topological polar surface area (TPSA) is 0 Å². The fourth-order valence-electron chi connectivity index (χ4n) is 2.34. The zero-order valence-electron chi connectivity index (χ0n) is 8.65. The summed E-state index contributed by atoms with van der Waals surface area (Å²) in [7, 11) is 0.345. The van der Waals surface area contributed by atoms with Crippen LogP contribution in [0.5, 0.6) is 0 Å². The van der Waals surface area contributed by atoms with Gasteiger partial charge in [-0.05, 0) is 0 Å². The highest BCUT2D eigenvalue weighted by molar-refractivity contribution is 6.37. The third kappa shape index (κ3) is 4.29. The minimum absolute atomic E-state index is 0.345. The third-order valence-electron chi connectivity index (χ3n) is 3.19. The first-order valence-corrected chi connectivity index (χ1v) is 7.75. The van der Waals surface area contributed by atoms with Gasteiger partial charge in [0.2, 0.25) is 0 Å². The molecule has 0 amide bonds. The monoisotopic (exact) mass is 184 g/mol. The van der Waals surface area contributed by atoms with E-state index in [1.807, 2.05) is 0 Å². The lowest BCUT2D eigenvalue weighted by molar-refractivity contribution is 0.499. The van der Waals surface area contributed by atoms with Gasteiger partial charge in [0.05, 0.1) is 0 Å². The van der Waals surface area contributed by atoms with E-state index < -0.39 is 0 Å². The van der Waals surface area contributed by atoms with E-state index in [2.05, 4.69) is 6.92 Å². The summed E-state index contributed by atoms with van der Waals surface area (Å²) in [6.07, 6.45) is 12.2. The van der Waals surface area contributed by atoms with Crippen LogP contribution < -0.4 is 0 Å². The van der Waals surface area contributed by atoms with Crippen LogP contribution in [-0.4, -0.2) is 9.52 Å². The third-order valence-corrected chi connectivity index (χ3v) is 5.73. The quantitative estimate of drug-likeness (QED) is 0.453. The lowest BCUT2D eigenvalue weighted by Crippen LogP contribution is -2.07. The van der Waals surface area contributed by atoms with Gasteiger partial charge in [-0.15, -0.1) is 0 Å². The number of hydrogen-bond donors (Lipinski definition) is 0. The molecule has 1 aliphatic carbocycles. The lowest BCUT2D eigenvalue weighted by atomic mass is 10.0. The molecule has 0 atom stereocenters. The van der Waals surface area contributed by atoms with Crippen molar-refractivity contribution >= 4 is 9.52 Å². The molecule has 1 heteroatoms. The van der Waals surface area contributed by atoms with Crippen LogP contribution >= 0.6 is 0 Å². The summed E-state index contributed by atoms with van der Waals surface area (Å²) in [5.74, 6) is 0. The molecule has 0 saturated heterocycles. The SMILES string of the molecule is CCCCC[SiH2]C1CCCCC1. The molecule has 0 unspecified atom stereocenters. The van der Waals surface area contributed by atoms with Crippen molar-refractivity contribution in [2.75, 3.05) is 0 Å². The van der Waals surface area contributed by atoms with Gasteiger partial charge in [-0.25, -0.2) is 0 Å². The van der Waals surface area contributed by atoms with E-state index in [4.69, 9.17) is 0 Å². The largest absolute Gasteiger partial charge is 0.0654 e. The van der Waals surface area contributed by atoms with Gasteiger partial charge in [0.25, 0.3) is 0 Å². The number of hydrogen-bond acceptors (Lipinski definition) is 0. The minimum atomic E-state index is 0.345. The molecule has 0 aromatic carbocycles. The molecular formula is C11H24Si. The Morgan fingerprint density at radius 3 is 2.50 bits per heavy atom. The van der Waals surface area contributed by atoms with Crippen molar-refractivity contribution < 1.29 is 0 Å². The zero-order chi connectivity index (χ0) is 8.65.